The van der Waals surface area contributed by atoms with Crippen LogP contribution in [0.3, 0.4) is 0 Å². The smallest absolute Gasteiger partial charge is 0.223 e. The van der Waals surface area contributed by atoms with Gasteiger partial charge in [0.2, 0.25) is 5.43 Å². The molecule has 0 fully saturated rings. The Hall–Kier alpha value is -1.59. The molecular weight excluding hydrogens is 286 g/mol. The first-order valence-corrected chi connectivity index (χ1v) is 5.72. The summed E-state index contributed by atoms with van der Waals surface area (Å²) in [6, 6.07) is 8.55. The quantitative estimate of drug-likeness (QED) is 0.888. The van der Waals surface area contributed by atoms with E-state index in [1.165, 1.54) is 12.3 Å². The summed E-state index contributed by atoms with van der Waals surface area (Å²) in [7, 11) is 0. The fourth-order valence-electron chi connectivity index (χ4n) is 1.55. The standard InChI is InChI=1S/C12H10BrNO3/c13-8-2-1-3-9(4-8)14-6-12(17)11(16)5-10(14)7-15/h1-6,15,17H,7H2. The number of pyridine rings is 1. The van der Waals surface area contributed by atoms with Gasteiger partial charge in [-0.3, -0.25) is 4.79 Å². The molecule has 1 heterocycles. The lowest BCUT2D eigenvalue weighted by atomic mass is 10.2. The molecular formula is C12H10BrNO3. The van der Waals surface area contributed by atoms with Crippen molar-refractivity contribution >= 4 is 15.9 Å². The fourth-order valence-corrected chi connectivity index (χ4v) is 1.94. The summed E-state index contributed by atoms with van der Waals surface area (Å²) in [6.07, 6.45) is 1.30. The number of halogens is 1. The van der Waals surface area contributed by atoms with Crippen LogP contribution in [0.1, 0.15) is 5.69 Å². The molecule has 0 aliphatic heterocycles. The van der Waals surface area contributed by atoms with Crippen LogP contribution in [0.4, 0.5) is 0 Å². The van der Waals surface area contributed by atoms with Gasteiger partial charge < -0.3 is 14.8 Å². The topological polar surface area (TPSA) is 62.5 Å². The second kappa shape index (κ2) is 4.73. The van der Waals surface area contributed by atoms with Crippen molar-refractivity contribution in [3.05, 3.63) is 56.9 Å². The fraction of sp³-hybridized carbons (Fsp3) is 0.0833. The van der Waals surface area contributed by atoms with Gasteiger partial charge in [-0.2, -0.15) is 0 Å². The molecule has 0 saturated carbocycles. The lowest BCUT2D eigenvalue weighted by molar-refractivity contribution is 0.273. The Bertz CT molecular complexity index is 607. The van der Waals surface area contributed by atoms with E-state index >= 15 is 0 Å². The number of nitrogens with zero attached hydrogens (tertiary/aromatic N) is 1. The highest BCUT2D eigenvalue weighted by molar-refractivity contribution is 9.10. The lowest BCUT2D eigenvalue weighted by Gasteiger charge is -2.12. The molecule has 0 aliphatic carbocycles. The molecule has 2 N–H and O–H groups in total. The second-order valence-electron chi connectivity index (χ2n) is 3.52. The molecule has 0 amide bonds. The van der Waals surface area contributed by atoms with Crippen LogP contribution >= 0.6 is 15.9 Å². The number of rotatable bonds is 2. The molecule has 1 aromatic carbocycles. The van der Waals surface area contributed by atoms with Crippen LogP contribution in [0.2, 0.25) is 0 Å². The van der Waals surface area contributed by atoms with Gasteiger partial charge in [0.1, 0.15) is 0 Å². The number of aliphatic hydroxyl groups is 1. The molecule has 0 saturated heterocycles. The Balaban J connectivity index is 2.66. The Morgan fingerprint density at radius 1 is 1.29 bits per heavy atom. The van der Waals surface area contributed by atoms with Crippen molar-refractivity contribution in [3.8, 4) is 11.4 Å². The average Bonchev–Trinajstić information content (AvgIpc) is 2.32. The van der Waals surface area contributed by atoms with Crippen molar-refractivity contribution < 1.29 is 10.2 Å². The molecule has 0 bridgehead atoms. The number of aromatic hydroxyl groups is 1. The molecule has 1 aromatic heterocycles. The maximum Gasteiger partial charge on any atom is 0.223 e. The van der Waals surface area contributed by atoms with Gasteiger partial charge in [-0.25, -0.2) is 0 Å². The molecule has 0 radical (unpaired) electrons. The normalized spacial score (nSPS) is 10.5. The summed E-state index contributed by atoms with van der Waals surface area (Å²) < 4.78 is 2.44. The third-order valence-electron chi connectivity index (χ3n) is 2.36. The second-order valence-corrected chi connectivity index (χ2v) is 4.44. The monoisotopic (exact) mass is 295 g/mol. The summed E-state index contributed by atoms with van der Waals surface area (Å²) in [5.74, 6) is -0.345. The number of hydrogen-bond acceptors (Lipinski definition) is 3. The molecule has 17 heavy (non-hydrogen) atoms. The van der Waals surface area contributed by atoms with E-state index in [2.05, 4.69) is 15.9 Å². The van der Waals surface area contributed by atoms with E-state index in [9.17, 15) is 15.0 Å². The SMILES string of the molecule is O=c1cc(CO)n(-c2cccc(Br)c2)cc1O. The Kier molecular flexibility index (Phi) is 3.31. The van der Waals surface area contributed by atoms with Gasteiger partial charge in [0.15, 0.2) is 5.75 Å². The molecule has 4 nitrogen and oxygen atoms in total. The minimum Gasteiger partial charge on any atom is -0.503 e. The van der Waals surface area contributed by atoms with E-state index < -0.39 is 5.43 Å². The lowest BCUT2D eigenvalue weighted by Crippen LogP contribution is -2.10. The van der Waals surface area contributed by atoms with Crippen molar-refractivity contribution in [1.29, 1.82) is 0 Å². The number of aliphatic hydroxyl groups excluding tert-OH is 1. The summed E-state index contributed by atoms with van der Waals surface area (Å²) in [5.41, 5.74) is 0.671. The number of aromatic nitrogens is 1. The zero-order valence-electron chi connectivity index (χ0n) is 8.80. The Morgan fingerprint density at radius 2 is 2.06 bits per heavy atom. The zero-order valence-corrected chi connectivity index (χ0v) is 10.4. The van der Waals surface area contributed by atoms with E-state index in [0.717, 1.165) is 10.2 Å². The summed E-state index contributed by atoms with van der Waals surface area (Å²) in [5, 5.41) is 18.6. The van der Waals surface area contributed by atoms with Crippen LogP contribution in [-0.4, -0.2) is 14.8 Å². The highest BCUT2D eigenvalue weighted by Crippen LogP contribution is 2.18. The van der Waals surface area contributed by atoms with Crippen molar-refractivity contribution in [2.75, 3.05) is 0 Å². The van der Waals surface area contributed by atoms with E-state index in [1.54, 1.807) is 4.57 Å². The van der Waals surface area contributed by atoms with E-state index in [-0.39, 0.29) is 12.4 Å². The van der Waals surface area contributed by atoms with Gasteiger partial charge in [-0.05, 0) is 18.2 Å². The summed E-state index contributed by atoms with van der Waals surface area (Å²) in [4.78, 5) is 11.3. The van der Waals surface area contributed by atoms with Gasteiger partial charge in [0, 0.05) is 16.2 Å². The van der Waals surface area contributed by atoms with Gasteiger partial charge >= 0.3 is 0 Å². The predicted molar refractivity (Wildman–Crippen MR) is 67.3 cm³/mol. The van der Waals surface area contributed by atoms with Crippen LogP contribution in [0.15, 0.2) is 45.8 Å². The third-order valence-corrected chi connectivity index (χ3v) is 2.85. The highest BCUT2D eigenvalue weighted by Gasteiger charge is 2.06. The van der Waals surface area contributed by atoms with Crippen LogP contribution < -0.4 is 5.43 Å². The van der Waals surface area contributed by atoms with Crippen molar-refractivity contribution in [2.24, 2.45) is 0 Å². The highest BCUT2D eigenvalue weighted by atomic mass is 79.9. The number of benzene rings is 1. The van der Waals surface area contributed by atoms with Crippen LogP contribution in [0, 0.1) is 0 Å². The first-order valence-electron chi connectivity index (χ1n) is 4.93. The van der Waals surface area contributed by atoms with Gasteiger partial charge in [0.25, 0.3) is 0 Å². The Labute approximate surface area is 106 Å². The summed E-state index contributed by atoms with van der Waals surface area (Å²) in [6.45, 7) is -0.276. The van der Waals surface area contributed by atoms with Crippen molar-refractivity contribution in [3.63, 3.8) is 0 Å². The minimum absolute atomic E-state index is 0.276. The van der Waals surface area contributed by atoms with E-state index in [0.29, 0.717) is 5.69 Å². The van der Waals surface area contributed by atoms with Crippen LogP contribution in [-0.2, 0) is 6.61 Å². The molecule has 88 valence electrons. The van der Waals surface area contributed by atoms with Crippen molar-refractivity contribution in [2.45, 2.75) is 6.61 Å². The summed E-state index contributed by atoms with van der Waals surface area (Å²) >= 11 is 3.34. The molecule has 0 spiro atoms. The van der Waals surface area contributed by atoms with Gasteiger partial charge in [-0.15, -0.1) is 0 Å². The van der Waals surface area contributed by atoms with E-state index in [4.69, 9.17) is 0 Å². The van der Waals surface area contributed by atoms with Crippen LogP contribution in [0.25, 0.3) is 5.69 Å². The Morgan fingerprint density at radius 3 is 2.71 bits per heavy atom. The molecule has 0 unspecified atom stereocenters. The van der Waals surface area contributed by atoms with Crippen molar-refractivity contribution in [1.82, 2.24) is 4.57 Å². The average molecular weight is 296 g/mol. The molecule has 0 aliphatic rings. The minimum atomic E-state index is -0.500. The largest absolute Gasteiger partial charge is 0.503 e. The zero-order chi connectivity index (χ0) is 12.4. The number of hydrogen-bond donors (Lipinski definition) is 2. The van der Waals surface area contributed by atoms with Gasteiger partial charge in [0.05, 0.1) is 18.5 Å². The first-order chi connectivity index (χ1) is 8.11. The maximum absolute atomic E-state index is 11.3. The third kappa shape index (κ3) is 2.40. The molecule has 2 rings (SSSR count). The molecule has 0 atom stereocenters. The van der Waals surface area contributed by atoms with E-state index in [1.807, 2.05) is 24.3 Å². The molecule has 5 heteroatoms. The van der Waals surface area contributed by atoms with Gasteiger partial charge in [-0.1, -0.05) is 22.0 Å². The predicted octanol–water partition coefficient (Wildman–Crippen LogP) is 1.80. The molecule has 2 aromatic rings. The van der Waals surface area contributed by atoms with Crippen LogP contribution in [0.5, 0.6) is 5.75 Å². The maximum atomic E-state index is 11.3. The first kappa shape index (κ1) is 11.9.